The molecule has 1 aliphatic heterocycles. The fraction of sp³-hybridized carbons (Fsp3) is 1.00. The first-order valence-corrected chi connectivity index (χ1v) is 7.34. The monoisotopic (exact) mass is 239 g/mol. The smallest absolute Gasteiger partial charge is 0.0470 e. The Morgan fingerprint density at radius 2 is 2.00 bits per heavy atom. The molecule has 0 amide bonds. The van der Waals surface area contributed by atoms with Gasteiger partial charge in [0.25, 0.3) is 0 Å². The van der Waals surface area contributed by atoms with Crippen LogP contribution in [0.5, 0.6) is 0 Å². The van der Waals surface area contributed by atoms with Gasteiger partial charge in [-0.2, -0.15) is 0 Å². The van der Waals surface area contributed by atoms with Crippen LogP contribution in [0.25, 0.3) is 0 Å². The van der Waals surface area contributed by atoms with E-state index in [1.54, 1.807) is 0 Å². The number of nitrogens with zero attached hydrogens (tertiary/aromatic N) is 2. The van der Waals surface area contributed by atoms with Gasteiger partial charge in [-0.3, -0.25) is 9.80 Å². The molecule has 1 unspecified atom stereocenters. The maximum Gasteiger partial charge on any atom is 0.0470 e. The molecule has 0 bridgehead atoms. The highest BCUT2D eigenvalue weighted by atomic mass is 15.3. The minimum atomic E-state index is 0.249. The van der Waals surface area contributed by atoms with Gasteiger partial charge in [0.15, 0.2) is 0 Å². The molecule has 3 nitrogen and oxygen atoms in total. The molecule has 0 aromatic carbocycles. The summed E-state index contributed by atoms with van der Waals surface area (Å²) in [6, 6.07) is 1.58. The Morgan fingerprint density at radius 1 is 1.35 bits per heavy atom. The summed E-state index contributed by atoms with van der Waals surface area (Å²) in [5, 5.41) is 0. The zero-order valence-electron chi connectivity index (χ0n) is 11.8. The molecule has 3 heteroatoms. The van der Waals surface area contributed by atoms with Crippen LogP contribution < -0.4 is 5.73 Å². The predicted octanol–water partition coefficient (Wildman–Crippen LogP) is 1.67. The summed E-state index contributed by atoms with van der Waals surface area (Å²) in [6.45, 7) is 7.85. The largest absolute Gasteiger partial charge is 0.329 e. The van der Waals surface area contributed by atoms with Crippen molar-refractivity contribution in [1.29, 1.82) is 0 Å². The normalized spacial score (nSPS) is 30.7. The third kappa shape index (κ3) is 2.51. The Kier molecular flexibility index (Phi) is 4.11. The van der Waals surface area contributed by atoms with E-state index in [9.17, 15) is 0 Å². The molecule has 1 saturated heterocycles. The van der Waals surface area contributed by atoms with Crippen molar-refractivity contribution < 1.29 is 0 Å². The zero-order valence-corrected chi connectivity index (χ0v) is 11.8. The number of hydrogen-bond donors (Lipinski definition) is 1. The van der Waals surface area contributed by atoms with Gasteiger partial charge in [-0.1, -0.05) is 13.8 Å². The van der Waals surface area contributed by atoms with Gasteiger partial charge in [0.05, 0.1) is 0 Å². The minimum Gasteiger partial charge on any atom is -0.329 e. The summed E-state index contributed by atoms with van der Waals surface area (Å²) in [5.74, 6) is 0. The highest BCUT2D eigenvalue weighted by Crippen LogP contribution is 2.36. The number of likely N-dealkylation sites (tertiary alicyclic amines) is 1. The fourth-order valence-electron chi connectivity index (χ4n) is 3.46. The topological polar surface area (TPSA) is 32.5 Å². The molecule has 0 aromatic rings. The van der Waals surface area contributed by atoms with Crippen LogP contribution in [-0.2, 0) is 0 Å². The van der Waals surface area contributed by atoms with Crippen LogP contribution in [0, 0.1) is 0 Å². The first-order valence-electron chi connectivity index (χ1n) is 7.34. The van der Waals surface area contributed by atoms with E-state index in [0.29, 0.717) is 6.04 Å². The van der Waals surface area contributed by atoms with E-state index in [1.165, 1.54) is 45.2 Å². The molecular formula is C14H29N3. The fourth-order valence-corrected chi connectivity index (χ4v) is 3.46. The second-order valence-electron chi connectivity index (χ2n) is 5.96. The Morgan fingerprint density at radius 3 is 2.47 bits per heavy atom. The predicted molar refractivity (Wildman–Crippen MR) is 73.1 cm³/mol. The van der Waals surface area contributed by atoms with E-state index in [1.807, 2.05) is 0 Å². The molecule has 100 valence electrons. The van der Waals surface area contributed by atoms with Gasteiger partial charge in [0.2, 0.25) is 0 Å². The molecule has 2 N–H and O–H groups in total. The molecule has 1 heterocycles. The SMILES string of the molecule is CCC(CC)N(C)C1(CN)CCN(C2CC2)C1. The van der Waals surface area contributed by atoms with E-state index in [-0.39, 0.29) is 5.54 Å². The maximum absolute atomic E-state index is 6.13. The second kappa shape index (κ2) is 5.25. The van der Waals surface area contributed by atoms with Crippen LogP contribution in [0.2, 0.25) is 0 Å². The van der Waals surface area contributed by atoms with Crippen LogP contribution in [0.1, 0.15) is 46.0 Å². The summed E-state index contributed by atoms with van der Waals surface area (Å²) in [6.07, 6.45) is 6.55. The van der Waals surface area contributed by atoms with Crippen molar-refractivity contribution in [1.82, 2.24) is 9.80 Å². The molecule has 1 saturated carbocycles. The summed E-state index contributed by atoms with van der Waals surface area (Å²) in [5.41, 5.74) is 6.38. The number of rotatable bonds is 6. The Hall–Kier alpha value is -0.120. The Balaban J connectivity index is 2.03. The number of likely N-dealkylation sites (N-methyl/N-ethyl adjacent to an activating group) is 1. The van der Waals surface area contributed by atoms with Gasteiger partial charge >= 0.3 is 0 Å². The van der Waals surface area contributed by atoms with Gasteiger partial charge in [-0.25, -0.2) is 0 Å². The molecule has 2 fully saturated rings. The highest BCUT2D eigenvalue weighted by Gasteiger charge is 2.45. The number of hydrogen-bond acceptors (Lipinski definition) is 3. The van der Waals surface area contributed by atoms with Gasteiger partial charge in [-0.05, 0) is 39.2 Å². The van der Waals surface area contributed by atoms with E-state index in [0.717, 1.165) is 12.6 Å². The van der Waals surface area contributed by atoms with Crippen LogP contribution in [0.4, 0.5) is 0 Å². The summed E-state index contributed by atoms with van der Waals surface area (Å²) >= 11 is 0. The Bertz CT molecular complexity index is 248. The zero-order chi connectivity index (χ0) is 12.5. The van der Waals surface area contributed by atoms with Gasteiger partial charge in [0.1, 0.15) is 0 Å². The molecule has 1 atom stereocenters. The summed E-state index contributed by atoms with van der Waals surface area (Å²) < 4.78 is 0. The van der Waals surface area contributed by atoms with Crippen LogP contribution >= 0.6 is 0 Å². The van der Waals surface area contributed by atoms with Crippen molar-refractivity contribution in [2.45, 2.75) is 63.6 Å². The molecule has 0 aromatic heterocycles. The summed E-state index contributed by atoms with van der Waals surface area (Å²) in [7, 11) is 2.29. The number of nitrogens with two attached hydrogens (primary N) is 1. The minimum absolute atomic E-state index is 0.249. The second-order valence-corrected chi connectivity index (χ2v) is 5.96. The van der Waals surface area contributed by atoms with Gasteiger partial charge in [-0.15, -0.1) is 0 Å². The van der Waals surface area contributed by atoms with Crippen molar-refractivity contribution in [2.24, 2.45) is 5.73 Å². The first kappa shape index (κ1) is 13.3. The van der Waals surface area contributed by atoms with Gasteiger partial charge < -0.3 is 5.73 Å². The highest BCUT2D eigenvalue weighted by molar-refractivity contribution is 5.04. The molecule has 0 spiro atoms. The molecule has 2 aliphatic rings. The van der Waals surface area contributed by atoms with Crippen LogP contribution in [0.3, 0.4) is 0 Å². The maximum atomic E-state index is 6.13. The van der Waals surface area contributed by atoms with E-state index in [4.69, 9.17) is 5.73 Å². The third-order valence-corrected chi connectivity index (χ3v) is 5.04. The third-order valence-electron chi connectivity index (χ3n) is 5.04. The Labute approximate surface area is 106 Å². The average molecular weight is 239 g/mol. The van der Waals surface area contributed by atoms with Crippen molar-refractivity contribution in [3.05, 3.63) is 0 Å². The molecule has 17 heavy (non-hydrogen) atoms. The van der Waals surface area contributed by atoms with E-state index < -0.39 is 0 Å². The lowest BCUT2D eigenvalue weighted by Crippen LogP contribution is -2.57. The summed E-state index contributed by atoms with van der Waals surface area (Å²) in [4.78, 5) is 5.26. The average Bonchev–Trinajstić information content (AvgIpc) is 3.11. The molecular weight excluding hydrogens is 210 g/mol. The quantitative estimate of drug-likeness (QED) is 0.765. The van der Waals surface area contributed by atoms with Crippen molar-refractivity contribution >= 4 is 0 Å². The lowest BCUT2D eigenvalue weighted by atomic mass is 9.93. The van der Waals surface area contributed by atoms with Crippen LogP contribution in [-0.4, -0.2) is 54.1 Å². The van der Waals surface area contributed by atoms with Crippen molar-refractivity contribution in [3.63, 3.8) is 0 Å². The van der Waals surface area contributed by atoms with Crippen molar-refractivity contribution in [3.8, 4) is 0 Å². The molecule has 1 aliphatic carbocycles. The molecule has 2 rings (SSSR count). The van der Waals surface area contributed by atoms with Crippen LogP contribution in [0.15, 0.2) is 0 Å². The first-order chi connectivity index (χ1) is 8.16. The van der Waals surface area contributed by atoms with Crippen molar-refractivity contribution in [2.75, 3.05) is 26.7 Å². The van der Waals surface area contributed by atoms with Gasteiger partial charge in [0, 0.05) is 37.3 Å². The lowest BCUT2D eigenvalue weighted by Gasteiger charge is -2.42. The lowest BCUT2D eigenvalue weighted by molar-refractivity contribution is 0.0764. The van der Waals surface area contributed by atoms with E-state index >= 15 is 0 Å². The standard InChI is InChI=1S/C14H29N3/c1-4-12(5-2)16(3)14(10-15)8-9-17(11-14)13-6-7-13/h12-13H,4-11,15H2,1-3H3. The molecule has 0 radical (unpaired) electrons. The van der Waals surface area contributed by atoms with E-state index in [2.05, 4.69) is 30.7 Å².